The topological polar surface area (TPSA) is 41.1 Å². The molecule has 0 aliphatic carbocycles. The minimum absolute atomic E-state index is 0.0120. The second-order valence-electron chi connectivity index (χ2n) is 5.24. The maximum Gasteiger partial charge on any atom is 0.226 e. The summed E-state index contributed by atoms with van der Waals surface area (Å²) in [7, 11) is 1.62. The number of carbonyl (C=O) groups is 1. The summed E-state index contributed by atoms with van der Waals surface area (Å²) in [6.45, 7) is 6.19. The van der Waals surface area contributed by atoms with Crippen LogP contribution in [0.5, 0.6) is 0 Å². The summed E-state index contributed by atoms with van der Waals surface area (Å²) < 4.78 is 13.1. The van der Waals surface area contributed by atoms with Gasteiger partial charge in [0, 0.05) is 19.6 Å². The molecule has 0 saturated carbocycles. The number of rotatable bonds is 5. The molecule has 0 aliphatic rings. The normalized spacial score (nSPS) is 13.2. The molecule has 1 atom stereocenters. The van der Waals surface area contributed by atoms with Crippen LogP contribution in [0.1, 0.15) is 32.4 Å². The molecule has 2 N–H and O–H groups in total. The fourth-order valence-corrected chi connectivity index (χ4v) is 1.92. The molecule has 3 nitrogen and oxygen atoms in total. The van der Waals surface area contributed by atoms with Gasteiger partial charge in [-0.25, -0.2) is 4.39 Å². The van der Waals surface area contributed by atoms with Gasteiger partial charge in [-0.1, -0.05) is 17.7 Å². The van der Waals surface area contributed by atoms with Gasteiger partial charge in [-0.05, 0) is 38.5 Å². The van der Waals surface area contributed by atoms with Gasteiger partial charge in [0.2, 0.25) is 5.91 Å². The molecule has 106 valence electrons. The minimum Gasteiger partial charge on any atom is -0.359 e. The lowest BCUT2D eigenvalue weighted by Gasteiger charge is -2.25. The highest BCUT2D eigenvalue weighted by Crippen LogP contribution is 2.22. The molecule has 19 heavy (non-hydrogen) atoms. The zero-order valence-electron chi connectivity index (χ0n) is 11.7. The van der Waals surface area contributed by atoms with E-state index in [-0.39, 0.29) is 17.0 Å². The van der Waals surface area contributed by atoms with Crippen molar-refractivity contribution in [1.82, 2.24) is 10.6 Å². The summed E-state index contributed by atoms with van der Waals surface area (Å²) in [4.78, 5) is 11.7. The monoisotopic (exact) mass is 286 g/mol. The lowest BCUT2D eigenvalue weighted by molar-refractivity contribution is -0.128. The van der Waals surface area contributed by atoms with Crippen LogP contribution in [0.2, 0.25) is 5.02 Å². The third kappa shape index (κ3) is 4.18. The Balaban J connectivity index is 2.67. The SMILES string of the molecule is CNC(=O)C(C)(C)CNC(C)c1ccc(F)c(Cl)c1. The second-order valence-corrected chi connectivity index (χ2v) is 5.65. The van der Waals surface area contributed by atoms with E-state index in [9.17, 15) is 9.18 Å². The van der Waals surface area contributed by atoms with Gasteiger partial charge in [-0.2, -0.15) is 0 Å². The van der Waals surface area contributed by atoms with Crippen LogP contribution in [0.3, 0.4) is 0 Å². The molecular formula is C14H20ClFN2O. The smallest absolute Gasteiger partial charge is 0.226 e. The van der Waals surface area contributed by atoms with Crippen LogP contribution in [0.15, 0.2) is 18.2 Å². The minimum atomic E-state index is -0.507. The highest BCUT2D eigenvalue weighted by molar-refractivity contribution is 6.30. The molecule has 0 radical (unpaired) electrons. The van der Waals surface area contributed by atoms with Crippen molar-refractivity contribution in [2.24, 2.45) is 5.41 Å². The molecule has 1 rings (SSSR count). The predicted molar refractivity (Wildman–Crippen MR) is 75.7 cm³/mol. The first kappa shape index (κ1) is 15.9. The third-order valence-electron chi connectivity index (χ3n) is 3.14. The summed E-state index contributed by atoms with van der Waals surface area (Å²) in [6, 6.07) is 4.62. The molecule has 1 unspecified atom stereocenters. The molecule has 0 fully saturated rings. The molecule has 0 spiro atoms. The molecule has 1 amide bonds. The number of hydrogen-bond donors (Lipinski definition) is 2. The number of halogens is 2. The Hall–Kier alpha value is -1.13. The molecule has 0 saturated heterocycles. The number of nitrogens with one attached hydrogen (secondary N) is 2. The quantitative estimate of drug-likeness (QED) is 0.874. The van der Waals surface area contributed by atoms with E-state index in [1.807, 2.05) is 20.8 Å². The average molecular weight is 287 g/mol. The van der Waals surface area contributed by atoms with Crippen LogP contribution in [0, 0.1) is 11.2 Å². The second kappa shape index (κ2) is 6.35. The van der Waals surface area contributed by atoms with Gasteiger partial charge in [-0.15, -0.1) is 0 Å². The van der Waals surface area contributed by atoms with Crippen molar-refractivity contribution < 1.29 is 9.18 Å². The fourth-order valence-electron chi connectivity index (χ4n) is 1.73. The maximum absolute atomic E-state index is 13.1. The first-order chi connectivity index (χ1) is 8.77. The summed E-state index contributed by atoms with van der Waals surface area (Å²) in [5.74, 6) is -0.451. The highest BCUT2D eigenvalue weighted by atomic mass is 35.5. The standard InChI is InChI=1S/C14H20ClFN2O/c1-9(10-5-6-12(16)11(15)7-10)18-8-14(2,3)13(19)17-4/h5-7,9,18H,8H2,1-4H3,(H,17,19). The zero-order valence-corrected chi connectivity index (χ0v) is 12.4. The van der Waals surface area contributed by atoms with E-state index >= 15 is 0 Å². The van der Waals surface area contributed by atoms with Crippen molar-refractivity contribution in [3.63, 3.8) is 0 Å². The Kier molecular flexibility index (Phi) is 5.32. The summed E-state index contributed by atoms with van der Waals surface area (Å²) in [6.07, 6.45) is 0. The van der Waals surface area contributed by atoms with Crippen molar-refractivity contribution in [1.29, 1.82) is 0 Å². The molecule has 0 heterocycles. The van der Waals surface area contributed by atoms with E-state index in [1.165, 1.54) is 6.07 Å². The van der Waals surface area contributed by atoms with E-state index in [2.05, 4.69) is 10.6 Å². The Labute approximate surface area is 118 Å². The van der Waals surface area contributed by atoms with Crippen molar-refractivity contribution in [3.8, 4) is 0 Å². The van der Waals surface area contributed by atoms with Gasteiger partial charge in [0.1, 0.15) is 5.82 Å². The molecule has 0 bridgehead atoms. The van der Waals surface area contributed by atoms with Crippen molar-refractivity contribution in [3.05, 3.63) is 34.6 Å². The Bertz CT molecular complexity index is 463. The Morgan fingerprint density at radius 2 is 2.11 bits per heavy atom. The van der Waals surface area contributed by atoms with Crippen LogP contribution in [0.25, 0.3) is 0 Å². The molecule has 1 aromatic rings. The van der Waals surface area contributed by atoms with Crippen LogP contribution < -0.4 is 10.6 Å². The van der Waals surface area contributed by atoms with E-state index in [0.29, 0.717) is 6.54 Å². The van der Waals surface area contributed by atoms with Gasteiger partial charge >= 0.3 is 0 Å². The molecule has 0 aliphatic heterocycles. The fraction of sp³-hybridized carbons (Fsp3) is 0.500. The molecule has 0 aromatic heterocycles. The summed E-state index contributed by atoms with van der Waals surface area (Å²) in [5.41, 5.74) is 0.381. The number of carbonyl (C=O) groups excluding carboxylic acids is 1. The lowest BCUT2D eigenvalue weighted by atomic mass is 9.91. The van der Waals surface area contributed by atoms with Gasteiger partial charge < -0.3 is 10.6 Å². The van der Waals surface area contributed by atoms with Crippen LogP contribution in [-0.4, -0.2) is 19.5 Å². The van der Waals surface area contributed by atoms with Gasteiger partial charge in [0.15, 0.2) is 0 Å². The molecular weight excluding hydrogens is 267 g/mol. The average Bonchev–Trinajstić information content (AvgIpc) is 2.38. The first-order valence-corrected chi connectivity index (χ1v) is 6.56. The van der Waals surface area contributed by atoms with E-state index in [0.717, 1.165) is 5.56 Å². The first-order valence-electron chi connectivity index (χ1n) is 6.18. The third-order valence-corrected chi connectivity index (χ3v) is 3.43. The Morgan fingerprint density at radius 1 is 1.47 bits per heavy atom. The molecule has 5 heteroatoms. The number of hydrogen-bond acceptors (Lipinski definition) is 2. The largest absolute Gasteiger partial charge is 0.359 e. The number of amides is 1. The van der Waals surface area contributed by atoms with E-state index < -0.39 is 11.2 Å². The van der Waals surface area contributed by atoms with Gasteiger partial charge in [0.05, 0.1) is 10.4 Å². The van der Waals surface area contributed by atoms with Crippen molar-refractivity contribution in [2.75, 3.05) is 13.6 Å². The van der Waals surface area contributed by atoms with E-state index in [1.54, 1.807) is 19.2 Å². The van der Waals surface area contributed by atoms with Crippen molar-refractivity contribution >= 4 is 17.5 Å². The van der Waals surface area contributed by atoms with Crippen LogP contribution in [0.4, 0.5) is 4.39 Å². The maximum atomic E-state index is 13.1. The zero-order chi connectivity index (χ0) is 14.6. The Morgan fingerprint density at radius 3 is 2.63 bits per heavy atom. The van der Waals surface area contributed by atoms with Crippen LogP contribution >= 0.6 is 11.6 Å². The van der Waals surface area contributed by atoms with Crippen LogP contribution in [-0.2, 0) is 4.79 Å². The molecule has 1 aromatic carbocycles. The van der Waals surface area contributed by atoms with Gasteiger partial charge in [-0.3, -0.25) is 4.79 Å². The predicted octanol–water partition coefficient (Wildman–Crippen LogP) is 2.90. The van der Waals surface area contributed by atoms with Crippen molar-refractivity contribution in [2.45, 2.75) is 26.8 Å². The highest BCUT2D eigenvalue weighted by Gasteiger charge is 2.26. The number of benzene rings is 1. The lowest BCUT2D eigenvalue weighted by Crippen LogP contribution is -2.42. The van der Waals surface area contributed by atoms with E-state index in [4.69, 9.17) is 11.6 Å². The summed E-state index contributed by atoms with van der Waals surface area (Å²) >= 11 is 5.75. The van der Waals surface area contributed by atoms with Gasteiger partial charge in [0.25, 0.3) is 0 Å². The summed E-state index contributed by atoms with van der Waals surface area (Å²) in [5, 5.41) is 6.00.